The molecule has 2 aromatic carbocycles. The number of anilines is 1. The first-order chi connectivity index (χ1) is 18.5. The van der Waals surface area contributed by atoms with Crippen LogP contribution in [0.15, 0.2) is 59.2 Å². The molecule has 11 nitrogen and oxygen atoms in total. The molecule has 0 aliphatic rings. The lowest BCUT2D eigenvalue weighted by Gasteiger charge is -2.13. The number of aromatic nitrogens is 4. The van der Waals surface area contributed by atoms with Crippen LogP contribution in [0.2, 0.25) is 0 Å². The summed E-state index contributed by atoms with van der Waals surface area (Å²) in [6.45, 7) is 1.27. The number of rotatable bonds is 9. The topological polar surface area (TPSA) is 145 Å². The highest BCUT2D eigenvalue weighted by molar-refractivity contribution is 7.99. The third-order valence-electron chi connectivity index (χ3n) is 5.22. The second-order valence-electron chi connectivity index (χ2n) is 7.90. The van der Waals surface area contributed by atoms with Crippen molar-refractivity contribution < 1.29 is 27.7 Å². The smallest absolute Gasteiger partial charge is 0.345 e. The Morgan fingerprint density at radius 2 is 1.97 bits per heavy atom. The molecule has 0 bridgehead atoms. The van der Waals surface area contributed by atoms with Gasteiger partial charge in [0.25, 0.3) is 11.6 Å². The molecule has 0 radical (unpaired) electrons. The molecule has 0 saturated carbocycles. The first-order valence-corrected chi connectivity index (χ1v) is 12.9. The maximum Gasteiger partial charge on any atom is 0.416 e. The van der Waals surface area contributed by atoms with E-state index in [0.717, 1.165) is 30.0 Å². The first-order valence-electron chi connectivity index (χ1n) is 11.0. The maximum atomic E-state index is 13.4. The van der Waals surface area contributed by atoms with Crippen molar-refractivity contribution in [2.45, 2.75) is 24.8 Å². The highest BCUT2D eigenvalue weighted by atomic mass is 32.2. The lowest BCUT2D eigenvalue weighted by molar-refractivity contribution is -0.385. The molecule has 0 saturated heterocycles. The molecule has 0 fully saturated rings. The van der Waals surface area contributed by atoms with E-state index in [9.17, 15) is 32.9 Å². The van der Waals surface area contributed by atoms with Crippen molar-refractivity contribution in [2.24, 2.45) is 0 Å². The Morgan fingerprint density at radius 1 is 1.18 bits per heavy atom. The molecule has 2 amide bonds. The van der Waals surface area contributed by atoms with E-state index in [1.807, 2.05) is 0 Å². The molecule has 202 valence electrons. The van der Waals surface area contributed by atoms with Crippen LogP contribution in [0.25, 0.3) is 5.69 Å². The second-order valence-corrected chi connectivity index (χ2v) is 9.73. The summed E-state index contributed by atoms with van der Waals surface area (Å²) in [5, 5.41) is 26.6. The Hall–Kier alpha value is -4.31. The number of carbonyl (C=O) groups excluding carboxylic acids is 2. The number of thioether (sulfide) groups is 1. The van der Waals surface area contributed by atoms with Gasteiger partial charge in [-0.1, -0.05) is 23.9 Å². The number of hydrogen-bond acceptors (Lipinski definition) is 9. The number of hydrogen-bond donors (Lipinski definition) is 2. The fraction of sp³-hybridized carbons (Fsp3) is 0.174. The Labute approximate surface area is 226 Å². The third kappa shape index (κ3) is 6.77. The third-order valence-corrected chi connectivity index (χ3v) is 6.84. The molecule has 39 heavy (non-hydrogen) atoms. The van der Waals surface area contributed by atoms with E-state index in [1.165, 1.54) is 53.3 Å². The van der Waals surface area contributed by atoms with Crippen LogP contribution in [0.3, 0.4) is 0 Å². The summed E-state index contributed by atoms with van der Waals surface area (Å²) >= 11 is 2.15. The summed E-state index contributed by atoms with van der Waals surface area (Å²) in [6.07, 6.45) is -3.09. The van der Waals surface area contributed by atoms with Gasteiger partial charge in [-0.25, -0.2) is 4.98 Å². The van der Waals surface area contributed by atoms with Gasteiger partial charge in [-0.15, -0.1) is 21.5 Å². The normalized spacial score (nSPS) is 11.3. The van der Waals surface area contributed by atoms with E-state index in [1.54, 1.807) is 5.38 Å². The van der Waals surface area contributed by atoms with Crippen LogP contribution in [-0.4, -0.2) is 42.2 Å². The molecule has 0 unspecified atom stereocenters. The predicted molar refractivity (Wildman–Crippen MR) is 137 cm³/mol. The van der Waals surface area contributed by atoms with E-state index in [-0.39, 0.29) is 40.2 Å². The van der Waals surface area contributed by atoms with Gasteiger partial charge in [0.2, 0.25) is 5.91 Å². The van der Waals surface area contributed by atoms with E-state index in [2.05, 4.69) is 25.8 Å². The molecule has 0 atom stereocenters. The van der Waals surface area contributed by atoms with Gasteiger partial charge >= 0.3 is 6.18 Å². The van der Waals surface area contributed by atoms with Crippen molar-refractivity contribution in [1.29, 1.82) is 0 Å². The molecule has 0 aliphatic carbocycles. The summed E-state index contributed by atoms with van der Waals surface area (Å²) in [5.74, 6) is -1.14. The zero-order valence-electron chi connectivity index (χ0n) is 19.9. The highest BCUT2D eigenvalue weighted by Crippen LogP contribution is 2.32. The number of benzene rings is 2. The van der Waals surface area contributed by atoms with Crippen molar-refractivity contribution in [3.63, 3.8) is 0 Å². The zero-order chi connectivity index (χ0) is 28.2. The number of alkyl halides is 3. The number of thiazole rings is 1. The number of amides is 2. The first kappa shape index (κ1) is 27.7. The Kier molecular flexibility index (Phi) is 8.25. The van der Waals surface area contributed by atoms with Gasteiger partial charge in [0.1, 0.15) is 0 Å². The van der Waals surface area contributed by atoms with Crippen molar-refractivity contribution >= 4 is 45.7 Å². The van der Waals surface area contributed by atoms with Gasteiger partial charge in [-0.3, -0.25) is 24.3 Å². The summed E-state index contributed by atoms with van der Waals surface area (Å²) in [7, 11) is 0. The van der Waals surface area contributed by atoms with Crippen molar-refractivity contribution in [3.8, 4) is 5.69 Å². The molecule has 2 aromatic heterocycles. The lowest BCUT2D eigenvalue weighted by Crippen LogP contribution is -2.25. The fourth-order valence-electron chi connectivity index (χ4n) is 3.37. The highest BCUT2D eigenvalue weighted by Gasteiger charge is 2.31. The molecule has 4 aromatic rings. The Balaban J connectivity index is 1.59. The summed E-state index contributed by atoms with van der Waals surface area (Å²) < 4.78 is 41.5. The molecule has 2 N–H and O–H groups in total. The SMILES string of the molecule is Cc1ccc(C(=O)NCc2nnc(SCC(=O)Nc3nccs3)n2-c2cccc(C(F)(F)F)c2)cc1[N+](=O)[O-]. The zero-order valence-corrected chi connectivity index (χ0v) is 21.6. The minimum absolute atomic E-state index is 0.0193. The predicted octanol–water partition coefficient (Wildman–Crippen LogP) is 4.62. The summed E-state index contributed by atoms with van der Waals surface area (Å²) in [5.41, 5.74) is -0.683. The molecular weight excluding hydrogens is 559 g/mol. The van der Waals surface area contributed by atoms with Crippen LogP contribution in [0.4, 0.5) is 24.0 Å². The lowest BCUT2D eigenvalue weighted by atomic mass is 10.1. The molecule has 0 aliphatic heterocycles. The van der Waals surface area contributed by atoms with E-state index in [4.69, 9.17) is 0 Å². The van der Waals surface area contributed by atoms with E-state index < -0.39 is 28.5 Å². The Bertz CT molecular complexity index is 1520. The molecular formula is C23H18F3N7O4S2. The van der Waals surface area contributed by atoms with Crippen LogP contribution < -0.4 is 10.6 Å². The van der Waals surface area contributed by atoms with Crippen molar-refractivity contribution in [3.05, 3.63) is 86.7 Å². The monoisotopic (exact) mass is 577 g/mol. The van der Waals surface area contributed by atoms with Crippen molar-refractivity contribution in [2.75, 3.05) is 11.1 Å². The van der Waals surface area contributed by atoms with Crippen LogP contribution in [-0.2, 0) is 17.5 Å². The molecule has 2 heterocycles. The molecule has 16 heteroatoms. The number of nitrogens with zero attached hydrogens (tertiary/aromatic N) is 5. The maximum absolute atomic E-state index is 13.4. The van der Waals surface area contributed by atoms with Gasteiger partial charge in [0.15, 0.2) is 16.1 Å². The largest absolute Gasteiger partial charge is 0.416 e. The molecule has 0 spiro atoms. The van der Waals surface area contributed by atoms with Crippen LogP contribution in [0, 0.1) is 17.0 Å². The number of nitro groups is 1. The van der Waals surface area contributed by atoms with Gasteiger partial charge in [-0.05, 0) is 31.2 Å². The minimum atomic E-state index is -4.61. The average Bonchev–Trinajstić information content (AvgIpc) is 3.55. The quantitative estimate of drug-likeness (QED) is 0.167. The van der Waals surface area contributed by atoms with Crippen LogP contribution in [0.1, 0.15) is 27.3 Å². The number of nitro benzene ring substituents is 1. The Morgan fingerprint density at radius 3 is 2.67 bits per heavy atom. The minimum Gasteiger partial charge on any atom is -0.345 e. The standard InChI is InChI=1S/C23H18F3N7O4S2/c1-13-5-6-14(9-17(13)33(36)37)20(35)28-11-18-30-31-22(39-12-19(34)29-21-27-7-8-38-21)32(18)16-4-2-3-15(10-16)23(24,25)26/h2-10H,11-12H2,1H3,(H,28,35)(H,27,29,34). The summed E-state index contributed by atoms with van der Waals surface area (Å²) in [4.78, 5) is 39.6. The second kappa shape index (κ2) is 11.6. The van der Waals surface area contributed by atoms with Gasteiger partial charge in [-0.2, -0.15) is 13.2 Å². The van der Waals surface area contributed by atoms with Gasteiger partial charge < -0.3 is 10.6 Å². The number of carbonyl (C=O) groups is 2. The van der Waals surface area contributed by atoms with Gasteiger partial charge in [0, 0.05) is 28.8 Å². The van der Waals surface area contributed by atoms with Crippen molar-refractivity contribution in [1.82, 2.24) is 25.1 Å². The van der Waals surface area contributed by atoms with Crippen LogP contribution >= 0.6 is 23.1 Å². The summed E-state index contributed by atoms with van der Waals surface area (Å²) in [6, 6.07) is 8.42. The van der Waals surface area contributed by atoms with Crippen LogP contribution in [0.5, 0.6) is 0 Å². The molecule has 4 rings (SSSR count). The van der Waals surface area contributed by atoms with Gasteiger partial charge in [0.05, 0.1) is 28.5 Å². The van der Waals surface area contributed by atoms with E-state index in [0.29, 0.717) is 10.7 Å². The van der Waals surface area contributed by atoms with E-state index >= 15 is 0 Å². The number of nitrogens with one attached hydrogen (secondary N) is 2. The number of halogens is 3. The fourth-order valence-corrected chi connectivity index (χ4v) is 4.68. The number of aryl methyl sites for hydroxylation is 1. The average molecular weight is 578 g/mol.